The normalized spacial score (nSPS) is 18.0. The van der Waals surface area contributed by atoms with Gasteiger partial charge in [0.15, 0.2) is 5.43 Å². The predicted molar refractivity (Wildman–Crippen MR) is 142 cm³/mol. The number of fused-ring (bicyclic) bond motifs is 4. The zero-order valence-electron chi connectivity index (χ0n) is 20.9. The zero-order chi connectivity index (χ0) is 25.4. The smallest absolute Gasteiger partial charge is 0.290 e. The molecular formula is C30H30N2O5. The molecule has 6 rings (SSSR count). The van der Waals surface area contributed by atoms with E-state index in [1.54, 1.807) is 4.90 Å². The van der Waals surface area contributed by atoms with Crippen LogP contribution in [-0.2, 0) is 4.74 Å². The number of carbonyl (C=O) groups is 1. The van der Waals surface area contributed by atoms with Crippen molar-refractivity contribution in [3.63, 3.8) is 0 Å². The molecule has 1 saturated heterocycles. The minimum atomic E-state index is -0.528. The maximum Gasteiger partial charge on any atom is 0.290 e. The highest BCUT2D eigenvalue weighted by Crippen LogP contribution is 2.40. The topological polar surface area (TPSA) is 72.2 Å². The van der Waals surface area contributed by atoms with Crippen LogP contribution >= 0.6 is 0 Å². The summed E-state index contributed by atoms with van der Waals surface area (Å²) in [5, 5.41) is 2.28. The fourth-order valence-corrected chi connectivity index (χ4v) is 5.56. The lowest BCUT2D eigenvalue weighted by Gasteiger charge is -2.29. The Kier molecular flexibility index (Phi) is 6.40. The van der Waals surface area contributed by atoms with Gasteiger partial charge in [-0.05, 0) is 42.5 Å². The second-order valence-corrected chi connectivity index (χ2v) is 9.55. The largest absolute Gasteiger partial charge is 0.494 e. The molecule has 3 heterocycles. The molecule has 0 spiro atoms. The first kappa shape index (κ1) is 23.7. The van der Waals surface area contributed by atoms with Crippen molar-refractivity contribution >= 4 is 27.6 Å². The summed E-state index contributed by atoms with van der Waals surface area (Å²) >= 11 is 0. The standard InChI is InChI=1S/C30H30N2O5/c1-2-36-22-9-5-8-21(19-22)26-25-27(33)24-12-11-20-7-3-4-10-23(20)28(24)37-29(25)30(34)32(26)14-6-13-31-15-17-35-18-16-31/h3-5,7-12,19,26H,2,6,13-18H2,1H3. The zero-order valence-corrected chi connectivity index (χ0v) is 20.9. The number of benzene rings is 3. The lowest BCUT2D eigenvalue weighted by atomic mass is 9.97. The monoisotopic (exact) mass is 498 g/mol. The van der Waals surface area contributed by atoms with Crippen LogP contribution in [0.3, 0.4) is 0 Å². The summed E-state index contributed by atoms with van der Waals surface area (Å²) in [5.41, 5.74) is 1.56. The van der Waals surface area contributed by atoms with E-state index in [1.165, 1.54) is 0 Å². The van der Waals surface area contributed by atoms with E-state index in [9.17, 15) is 9.59 Å². The van der Waals surface area contributed by atoms with Crippen LogP contribution in [0.4, 0.5) is 0 Å². The average Bonchev–Trinajstić information content (AvgIpc) is 3.21. The first-order valence-electron chi connectivity index (χ1n) is 13.0. The van der Waals surface area contributed by atoms with Crippen LogP contribution < -0.4 is 10.2 Å². The predicted octanol–water partition coefficient (Wildman–Crippen LogP) is 4.61. The van der Waals surface area contributed by atoms with Crippen LogP contribution in [0.2, 0.25) is 0 Å². The van der Waals surface area contributed by atoms with Crippen molar-refractivity contribution in [2.45, 2.75) is 19.4 Å². The van der Waals surface area contributed by atoms with Crippen molar-refractivity contribution in [1.29, 1.82) is 0 Å². The Morgan fingerprint density at radius 3 is 2.62 bits per heavy atom. The van der Waals surface area contributed by atoms with E-state index < -0.39 is 6.04 Å². The van der Waals surface area contributed by atoms with E-state index >= 15 is 0 Å². The van der Waals surface area contributed by atoms with Gasteiger partial charge < -0.3 is 18.8 Å². The molecule has 2 aliphatic heterocycles. The summed E-state index contributed by atoms with van der Waals surface area (Å²) < 4.78 is 17.5. The van der Waals surface area contributed by atoms with Crippen LogP contribution in [0, 0.1) is 0 Å². The van der Waals surface area contributed by atoms with Crippen molar-refractivity contribution in [1.82, 2.24) is 9.80 Å². The molecule has 37 heavy (non-hydrogen) atoms. The van der Waals surface area contributed by atoms with Crippen LogP contribution in [0.1, 0.15) is 41.1 Å². The van der Waals surface area contributed by atoms with Crippen molar-refractivity contribution in [3.05, 3.63) is 87.8 Å². The molecule has 0 radical (unpaired) electrons. The molecule has 190 valence electrons. The van der Waals surface area contributed by atoms with Crippen molar-refractivity contribution in [3.8, 4) is 5.75 Å². The fourth-order valence-electron chi connectivity index (χ4n) is 5.56. The van der Waals surface area contributed by atoms with E-state index in [0.717, 1.165) is 55.6 Å². The lowest BCUT2D eigenvalue weighted by molar-refractivity contribution is 0.0353. The molecule has 2 aliphatic rings. The van der Waals surface area contributed by atoms with E-state index in [1.807, 2.05) is 67.6 Å². The van der Waals surface area contributed by atoms with Gasteiger partial charge in [0.05, 0.1) is 36.8 Å². The van der Waals surface area contributed by atoms with Crippen LogP contribution in [0.15, 0.2) is 69.9 Å². The molecule has 7 nitrogen and oxygen atoms in total. The van der Waals surface area contributed by atoms with Crippen LogP contribution in [0.25, 0.3) is 21.7 Å². The summed E-state index contributed by atoms with van der Waals surface area (Å²) in [6, 6.07) is 18.7. The fraction of sp³-hybridized carbons (Fsp3) is 0.333. The Morgan fingerprint density at radius 1 is 0.946 bits per heavy atom. The van der Waals surface area contributed by atoms with Gasteiger partial charge in [0, 0.05) is 31.6 Å². The lowest BCUT2D eigenvalue weighted by Crippen LogP contribution is -2.38. The molecular weight excluding hydrogens is 468 g/mol. The van der Waals surface area contributed by atoms with Crippen LogP contribution in [0.5, 0.6) is 5.75 Å². The molecule has 4 aromatic rings. The summed E-state index contributed by atoms with van der Waals surface area (Å²) in [7, 11) is 0. The summed E-state index contributed by atoms with van der Waals surface area (Å²) in [6.45, 7) is 7.11. The van der Waals surface area contributed by atoms with Crippen molar-refractivity contribution in [2.75, 3.05) is 46.0 Å². The molecule has 7 heteroatoms. The molecule has 1 atom stereocenters. The summed E-state index contributed by atoms with van der Waals surface area (Å²) in [6.07, 6.45) is 0.790. The second-order valence-electron chi connectivity index (χ2n) is 9.55. The van der Waals surface area contributed by atoms with E-state index in [4.69, 9.17) is 13.9 Å². The van der Waals surface area contributed by atoms with E-state index in [2.05, 4.69) is 4.90 Å². The Hall–Kier alpha value is -3.68. The Balaban J connectivity index is 1.45. The number of ether oxygens (including phenoxy) is 2. The molecule has 0 saturated carbocycles. The van der Waals surface area contributed by atoms with Gasteiger partial charge in [0.1, 0.15) is 11.3 Å². The van der Waals surface area contributed by atoms with Crippen molar-refractivity contribution in [2.24, 2.45) is 0 Å². The van der Waals surface area contributed by atoms with Gasteiger partial charge in [-0.25, -0.2) is 0 Å². The molecule has 3 aromatic carbocycles. The highest BCUT2D eigenvalue weighted by atomic mass is 16.5. The first-order chi connectivity index (χ1) is 18.2. The molecule has 1 aromatic heterocycles. The number of nitrogens with zero attached hydrogens (tertiary/aromatic N) is 2. The van der Waals surface area contributed by atoms with Gasteiger partial charge in [-0.3, -0.25) is 14.5 Å². The summed E-state index contributed by atoms with van der Waals surface area (Å²) in [4.78, 5) is 32.0. The van der Waals surface area contributed by atoms with Gasteiger partial charge >= 0.3 is 0 Å². The molecule has 0 aliphatic carbocycles. The number of rotatable bonds is 7. The number of morpholine rings is 1. The number of hydrogen-bond donors (Lipinski definition) is 0. The maximum atomic E-state index is 14.0. The van der Waals surface area contributed by atoms with Gasteiger partial charge in [-0.15, -0.1) is 0 Å². The third-order valence-corrected chi connectivity index (χ3v) is 7.32. The number of amides is 1. The van der Waals surface area contributed by atoms with Crippen molar-refractivity contribution < 1.29 is 18.7 Å². The molecule has 0 bridgehead atoms. The minimum absolute atomic E-state index is 0.145. The number of hydrogen-bond acceptors (Lipinski definition) is 6. The third kappa shape index (κ3) is 4.28. The highest BCUT2D eigenvalue weighted by Gasteiger charge is 2.42. The minimum Gasteiger partial charge on any atom is -0.494 e. The molecule has 0 N–H and O–H groups in total. The second kappa shape index (κ2) is 10.00. The molecule has 1 unspecified atom stereocenters. The SMILES string of the molecule is CCOc1cccc(C2c3c(oc4c(ccc5ccccc54)c3=O)C(=O)N2CCCN2CCOCC2)c1. The Bertz CT molecular complexity index is 1520. The summed E-state index contributed by atoms with van der Waals surface area (Å²) in [5.74, 6) is 0.619. The van der Waals surface area contributed by atoms with Gasteiger partial charge in [-0.1, -0.05) is 42.5 Å². The quantitative estimate of drug-likeness (QED) is 0.347. The Morgan fingerprint density at radius 2 is 1.78 bits per heavy atom. The van der Waals surface area contributed by atoms with E-state index in [-0.39, 0.29) is 17.1 Å². The van der Waals surface area contributed by atoms with Gasteiger partial charge in [0.2, 0.25) is 5.76 Å². The Labute approximate surface area is 215 Å². The number of carbonyl (C=O) groups excluding carboxylic acids is 1. The van der Waals surface area contributed by atoms with E-state index in [0.29, 0.717) is 35.4 Å². The first-order valence-corrected chi connectivity index (χ1v) is 13.0. The van der Waals surface area contributed by atoms with Gasteiger partial charge in [-0.2, -0.15) is 0 Å². The molecule has 1 amide bonds. The average molecular weight is 499 g/mol. The molecule has 1 fully saturated rings. The maximum absolute atomic E-state index is 14.0. The highest BCUT2D eigenvalue weighted by molar-refractivity contribution is 6.06. The van der Waals surface area contributed by atoms with Crippen LogP contribution in [-0.4, -0.2) is 61.7 Å². The third-order valence-electron chi connectivity index (χ3n) is 7.32. The van der Waals surface area contributed by atoms with Gasteiger partial charge in [0.25, 0.3) is 5.91 Å².